The highest BCUT2D eigenvalue weighted by atomic mass is 32.1. The maximum Gasteiger partial charge on any atom is 0.348 e. The molecule has 0 saturated carbocycles. The molecule has 26 heavy (non-hydrogen) atoms. The zero-order valence-corrected chi connectivity index (χ0v) is 15.6. The summed E-state index contributed by atoms with van der Waals surface area (Å²) in [6, 6.07) is 7.07. The molecule has 6 heteroatoms. The number of hydrogen-bond donors (Lipinski definition) is 0. The molecule has 0 aliphatic heterocycles. The summed E-state index contributed by atoms with van der Waals surface area (Å²) in [5.74, 6) is 0.322. The molecule has 1 aliphatic carbocycles. The smallest absolute Gasteiger partial charge is 0.348 e. The first-order chi connectivity index (χ1) is 12.5. The molecular weight excluding hydrogens is 348 g/mol. The highest BCUT2D eigenvalue weighted by Gasteiger charge is 2.21. The zero-order valence-electron chi connectivity index (χ0n) is 14.8. The Morgan fingerprint density at radius 3 is 3.08 bits per heavy atom. The van der Waals surface area contributed by atoms with E-state index in [9.17, 15) is 9.59 Å². The number of ether oxygens (including phenoxy) is 1. The fourth-order valence-electron chi connectivity index (χ4n) is 3.35. The van der Waals surface area contributed by atoms with Gasteiger partial charge in [0.1, 0.15) is 17.1 Å². The minimum absolute atomic E-state index is 0.00256. The summed E-state index contributed by atoms with van der Waals surface area (Å²) in [6.45, 7) is 4.16. The van der Waals surface area contributed by atoms with E-state index in [0.29, 0.717) is 22.1 Å². The Labute approximate surface area is 155 Å². The van der Waals surface area contributed by atoms with E-state index in [1.807, 2.05) is 19.1 Å². The van der Waals surface area contributed by atoms with Crippen LogP contribution in [0.25, 0.3) is 5.65 Å². The maximum absolute atomic E-state index is 12.4. The van der Waals surface area contributed by atoms with Gasteiger partial charge in [0.25, 0.3) is 5.56 Å². The summed E-state index contributed by atoms with van der Waals surface area (Å²) in [5.41, 5.74) is 3.09. The molecule has 0 spiro atoms. The molecule has 0 unspecified atom stereocenters. The molecule has 0 bridgehead atoms. The summed E-state index contributed by atoms with van der Waals surface area (Å²) < 4.78 is 6.90. The molecule has 1 aliphatic rings. The molecule has 0 radical (unpaired) electrons. The molecule has 0 amide bonds. The monoisotopic (exact) mass is 368 g/mol. The second-order valence-corrected chi connectivity index (χ2v) is 8.14. The maximum atomic E-state index is 12.4. The van der Waals surface area contributed by atoms with E-state index in [2.05, 4.69) is 11.9 Å². The second-order valence-electron chi connectivity index (χ2n) is 7.00. The summed E-state index contributed by atoms with van der Waals surface area (Å²) in [5, 5.41) is 0. The van der Waals surface area contributed by atoms with Gasteiger partial charge in [0.15, 0.2) is 0 Å². The first-order valence-electron chi connectivity index (χ1n) is 8.77. The number of aromatic nitrogens is 2. The van der Waals surface area contributed by atoms with Crippen molar-refractivity contribution in [1.29, 1.82) is 0 Å². The number of nitrogens with zero attached hydrogens (tertiary/aromatic N) is 2. The summed E-state index contributed by atoms with van der Waals surface area (Å²) in [7, 11) is 0. The van der Waals surface area contributed by atoms with Crippen molar-refractivity contribution in [2.24, 2.45) is 5.92 Å². The van der Waals surface area contributed by atoms with Crippen molar-refractivity contribution in [3.63, 3.8) is 0 Å². The van der Waals surface area contributed by atoms with Crippen LogP contribution in [0, 0.1) is 12.8 Å². The molecular formula is C20H20N2O3S. The highest BCUT2D eigenvalue weighted by molar-refractivity contribution is 7.14. The van der Waals surface area contributed by atoms with Gasteiger partial charge in [0.05, 0.1) is 5.69 Å². The first kappa shape index (κ1) is 17.0. The number of aryl methyl sites for hydroxylation is 2. The van der Waals surface area contributed by atoms with Crippen molar-refractivity contribution >= 4 is 23.0 Å². The van der Waals surface area contributed by atoms with Crippen molar-refractivity contribution in [2.45, 2.75) is 39.7 Å². The number of esters is 1. The van der Waals surface area contributed by atoms with Crippen LogP contribution in [0.4, 0.5) is 0 Å². The highest BCUT2D eigenvalue weighted by Crippen LogP contribution is 2.32. The molecule has 134 valence electrons. The van der Waals surface area contributed by atoms with Gasteiger partial charge in [-0.3, -0.25) is 9.20 Å². The minimum Gasteiger partial charge on any atom is -0.455 e. The lowest BCUT2D eigenvalue weighted by Crippen LogP contribution is -2.16. The minimum atomic E-state index is -0.344. The molecule has 3 aromatic rings. The van der Waals surface area contributed by atoms with Crippen LogP contribution >= 0.6 is 11.3 Å². The molecule has 0 aromatic carbocycles. The number of fused-ring (bicyclic) bond motifs is 2. The number of carbonyl (C=O) groups is 1. The molecule has 5 nitrogen and oxygen atoms in total. The van der Waals surface area contributed by atoms with Crippen LogP contribution in [0.2, 0.25) is 0 Å². The van der Waals surface area contributed by atoms with Gasteiger partial charge in [0, 0.05) is 17.1 Å². The number of pyridine rings is 1. The molecule has 0 N–H and O–H groups in total. The van der Waals surface area contributed by atoms with E-state index in [1.165, 1.54) is 38.7 Å². The normalized spacial score (nSPS) is 16.5. The average Bonchev–Trinajstić information content (AvgIpc) is 3.03. The fourth-order valence-corrected chi connectivity index (χ4v) is 4.45. The van der Waals surface area contributed by atoms with E-state index in [1.54, 1.807) is 12.3 Å². The third kappa shape index (κ3) is 3.29. The van der Waals surface area contributed by atoms with Crippen LogP contribution in [-0.4, -0.2) is 15.4 Å². The van der Waals surface area contributed by atoms with Crippen LogP contribution < -0.4 is 5.56 Å². The molecule has 0 saturated heterocycles. The van der Waals surface area contributed by atoms with Crippen molar-refractivity contribution in [2.75, 3.05) is 0 Å². The van der Waals surface area contributed by atoms with Crippen molar-refractivity contribution in [3.8, 4) is 0 Å². The van der Waals surface area contributed by atoms with Crippen LogP contribution in [0.15, 0.2) is 35.3 Å². The van der Waals surface area contributed by atoms with E-state index >= 15 is 0 Å². The molecule has 1 atom stereocenters. The summed E-state index contributed by atoms with van der Waals surface area (Å²) >= 11 is 1.53. The Bertz CT molecular complexity index is 1050. The van der Waals surface area contributed by atoms with Gasteiger partial charge in [-0.25, -0.2) is 9.78 Å². The lowest BCUT2D eigenvalue weighted by atomic mass is 9.90. The quantitative estimate of drug-likeness (QED) is 0.664. The molecule has 4 rings (SSSR count). The Kier molecular flexibility index (Phi) is 4.36. The van der Waals surface area contributed by atoms with Crippen molar-refractivity contribution in [3.05, 3.63) is 67.4 Å². The number of hydrogen-bond acceptors (Lipinski definition) is 5. The van der Waals surface area contributed by atoms with Crippen LogP contribution in [0.3, 0.4) is 0 Å². The second kappa shape index (κ2) is 6.68. The average molecular weight is 368 g/mol. The van der Waals surface area contributed by atoms with Gasteiger partial charge >= 0.3 is 5.97 Å². The number of thiophene rings is 1. The van der Waals surface area contributed by atoms with E-state index in [0.717, 1.165) is 18.4 Å². The third-order valence-electron chi connectivity index (χ3n) is 4.74. The first-order valence-corrected chi connectivity index (χ1v) is 9.59. The fraction of sp³-hybridized carbons (Fsp3) is 0.350. The van der Waals surface area contributed by atoms with Gasteiger partial charge in [-0.2, -0.15) is 0 Å². The van der Waals surface area contributed by atoms with Gasteiger partial charge in [-0.15, -0.1) is 11.3 Å². The van der Waals surface area contributed by atoms with Gasteiger partial charge in [-0.05, 0) is 55.4 Å². The van der Waals surface area contributed by atoms with Gasteiger partial charge in [0.2, 0.25) is 0 Å². The standard InChI is InChI=1S/C20H20N2O3S/c1-12-3-5-16-14(7-12)8-17(26-16)20(24)25-11-15-9-19(23)22-10-13(2)4-6-18(22)21-15/h4,6,8-10,12H,3,5,7,11H2,1-2H3/t12-/m0/s1. The Morgan fingerprint density at radius 2 is 2.23 bits per heavy atom. The van der Waals surface area contributed by atoms with Gasteiger partial charge < -0.3 is 4.74 Å². The molecule has 3 aromatic heterocycles. The lowest BCUT2D eigenvalue weighted by molar-refractivity contribution is 0.0473. The van der Waals surface area contributed by atoms with E-state index in [4.69, 9.17) is 4.74 Å². The predicted octanol–water partition coefficient (Wildman–Crippen LogP) is 3.55. The predicted molar refractivity (Wildman–Crippen MR) is 101 cm³/mol. The lowest BCUT2D eigenvalue weighted by Gasteiger charge is -2.16. The SMILES string of the molecule is Cc1ccc2nc(COC(=O)c3cc4c(s3)CC[C@H](C)C4)cc(=O)n2c1. The number of rotatable bonds is 3. The topological polar surface area (TPSA) is 60.7 Å². The van der Waals surface area contributed by atoms with Crippen molar-refractivity contribution < 1.29 is 9.53 Å². The Morgan fingerprint density at radius 1 is 1.38 bits per heavy atom. The zero-order chi connectivity index (χ0) is 18.3. The van der Waals surface area contributed by atoms with Crippen molar-refractivity contribution in [1.82, 2.24) is 9.38 Å². The van der Waals surface area contributed by atoms with Crippen LogP contribution in [-0.2, 0) is 24.2 Å². The van der Waals surface area contributed by atoms with Crippen LogP contribution in [0.1, 0.15) is 44.7 Å². The third-order valence-corrected chi connectivity index (χ3v) is 5.96. The number of carbonyl (C=O) groups excluding carboxylic acids is 1. The van der Waals surface area contributed by atoms with E-state index in [-0.39, 0.29) is 18.1 Å². The van der Waals surface area contributed by atoms with E-state index < -0.39 is 0 Å². The molecule has 3 heterocycles. The summed E-state index contributed by atoms with van der Waals surface area (Å²) in [6.07, 6.45) is 4.99. The Hall–Kier alpha value is -2.47. The Balaban J connectivity index is 1.50. The molecule has 0 fully saturated rings. The largest absolute Gasteiger partial charge is 0.455 e. The van der Waals surface area contributed by atoms with Gasteiger partial charge in [-0.1, -0.05) is 13.0 Å². The van der Waals surface area contributed by atoms with Crippen LogP contribution in [0.5, 0.6) is 0 Å². The summed E-state index contributed by atoms with van der Waals surface area (Å²) in [4.78, 5) is 30.9.